The van der Waals surface area contributed by atoms with Gasteiger partial charge in [-0.3, -0.25) is 14.6 Å². The van der Waals surface area contributed by atoms with Crippen molar-refractivity contribution >= 4 is 40.0 Å². The van der Waals surface area contributed by atoms with Crippen molar-refractivity contribution in [1.29, 1.82) is 0 Å². The zero-order valence-corrected chi connectivity index (χ0v) is 29.7. The molecule has 11 nitrogen and oxygen atoms in total. The van der Waals surface area contributed by atoms with Gasteiger partial charge in [0, 0.05) is 48.7 Å². The van der Waals surface area contributed by atoms with Crippen LogP contribution in [-0.4, -0.2) is 90.6 Å². The van der Waals surface area contributed by atoms with Gasteiger partial charge in [0.15, 0.2) is 11.6 Å². The number of aliphatic hydroxyl groups is 1. The van der Waals surface area contributed by atoms with Gasteiger partial charge in [0.2, 0.25) is 5.91 Å². The summed E-state index contributed by atoms with van der Waals surface area (Å²) in [7, 11) is 0. The molecule has 12 heteroatoms. The minimum atomic E-state index is -1.02. The highest BCUT2D eigenvalue weighted by Crippen LogP contribution is 2.52. The summed E-state index contributed by atoms with van der Waals surface area (Å²) in [6, 6.07) is 10.4. The lowest BCUT2D eigenvalue weighted by atomic mass is 9.73. The summed E-state index contributed by atoms with van der Waals surface area (Å²) in [6.45, 7) is 9.04. The van der Waals surface area contributed by atoms with Crippen molar-refractivity contribution in [2.24, 2.45) is 0 Å². The molecule has 2 saturated heterocycles. The molecule has 2 N–H and O–H groups in total. The number of rotatable bonds is 8. The van der Waals surface area contributed by atoms with E-state index in [2.05, 4.69) is 46.1 Å². The molecule has 4 aromatic rings. The number of imidazole rings is 1. The molecule has 3 aromatic heterocycles. The number of nitrogens with zero attached hydrogens (tertiary/aromatic N) is 7. The van der Waals surface area contributed by atoms with Crippen LogP contribution in [0, 0.1) is 5.82 Å². The lowest BCUT2D eigenvalue weighted by molar-refractivity contribution is -0.143. The predicted octanol–water partition coefficient (Wildman–Crippen LogP) is 5.95. The number of likely N-dealkylation sites (tertiary alicyclic amines) is 2. The molecule has 4 aliphatic rings. The topological polar surface area (TPSA) is 120 Å². The zero-order chi connectivity index (χ0) is 35.4. The average Bonchev–Trinajstić information content (AvgIpc) is 3.66. The van der Waals surface area contributed by atoms with Gasteiger partial charge >= 0.3 is 0 Å². The van der Waals surface area contributed by atoms with Crippen LogP contribution >= 0.6 is 0 Å². The second-order valence-electron chi connectivity index (χ2n) is 15.1. The van der Waals surface area contributed by atoms with Crippen molar-refractivity contribution in [3.05, 3.63) is 60.4 Å². The SMILES string of the molecule is CC[C@H](O)C(=O)N1CCC2(CC1)C(=O)N([C@H]1C[C@@H](N3CCCCC3)C1)c1cc(-c3cc4ncn(C(C)C)c4c(Nc4ccncc4F)n3)ccc12. The van der Waals surface area contributed by atoms with Crippen LogP contribution in [0.1, 0.15) is 83.7 Å². The van der Waals surface area contributed by atoms with Crippen LogP contribution in [0.2, 0.25) is 0 Å². The number of piperidine rings is 2. The van der Waals surface area contributed by atoms with Crippen molar-refractivity contribution in [2.45, 2.75) is 102 Å². The number of aromatic nitrogens is 4. The average molecular weight is 695 g/mol. The molecular weight excluding hydrogens is 647 g/mol. The number of benzene rings is 1. The van der Waals surface area contributed by atoms with Crippen molar-refractivity contribution in [3.63, 3.8) is 0 Å². The summed E-state index contributed by atoms with van der Waals surface area (Å²) in [5, 5.41) is 13.5. The number of anilines is 3. The number of carbonyl (C=O) groups excluding carboxylic acids is 2. The monoisotopic (exact) mass is 694 g/mol. The standard InChI is InChI=1S/C39H47FN8O3/c1-4-34(49)37(50)46-16-11-39(12-17-46)28-9-8-25(18-33(28)48(38(39)51)27-19-26(20-27)45-14-6-5-7-15-45)31-21-32-35(47(23-42-32)24(2)3)36(44-31)43-30-10-13-41-22-29(30)40/h8-10,13,18,21-24,26-27,34,49H,4-7,11-12,14-17,19-20H2,1-3H3,(H,41,43,44)/t26-,27+,34-/m0/s1. The smallest absolute Gasteiger partial charge is 0.251 e. The molecule has 1 aliphatic carbocycles. The fourth-order valence-electron chi connectivity index (χ4n) is 8.73. The second-order valence-corrected chi connectivity index (χ2v) is 15.1. The van der Waals surface area contributed by atoms with E-state index in [4.69, 9.17) is 9.97 Å². The predicted molar refractivity (Wildman–Crippen MR) is 194 cm³/mol. The van der Waals surface area contributed by atoms with Crippen molar-refractivity contribution in [1.82, 2.24) is 29.3 Å². The van der Waals surface area contributed by atoms with Gasteiger partial charge in [0.1, 0.15) is 11.6 Å². The molecule has 1 spiro atoms. The molecule has 3 fully saturated rings. The van der Waals surface area contributed by atoms with E-state index in [1.807, 2.05) is 16.7 Å². The van der Waals surface area contributed by atoms with E-state index < -0.39 is 17.3 Å². The first kappa shape index (κ1) is 33.7. The Morgan fingerprint density at radius 2 is 1.82 bits per heavy atom. The van der Waals surface area contributed by atoms with Gasteiger partial charge in [-0.15, -0.1) is 0 Å². The van der Waals surface area contributed by atoms with E-state index in [9.17, 15) is 19.1 Å². The van der Waals surface area contributed by atoms with Crippen LogP contribution in [-0.2, 0) is 15.0 Å². The normalized spacial score (nSPS) is 22.4. The Labute approximate surface area is 297 Å². The number of aliphatic hydroxyl groups excluding tert-OH is 1. The van der Waals surface area contributed by atoms with Crippen LogP contribution in [0.5, 0.6) is 0 Å². The maximum absolute atomic E-state index is 14.8. The molecule has 6 heterocycles. The van der Waals surface area contributed by atoms with Gasteiger partial charge in [-0.25, -0.2) is 14.4 Å². The molecule has 1 atom stereocenters. The highest BCUT2D eigenvalue weighted by molar-refractivity contribution is 6.09. The summed E-state index contributed by atoms with van der Waals surface area (Å²) in [5.74, 6) is -0.135. The molecule has 3 aliphatic heterocycles. The number of amides is 2. The van der Waals surface area contributed by atoms with Gasteiger partial charge in [0.25, 0.3) is 5.91 Å². The van der Waals surface area contributed by atoms with Gasteiger partial charge in [0.05, 0.1) is 34.8 Å². The number of hydrogen-bond donors (Lipinski definition) is 2. The van der Waals surface area contributed by atoms with Crippen molar-refractivity contribution < 1.29 is 19.1 Å². The van der Waals surface area contributed by atoms with Crippen LogP contribution in [0.15, 0.2) is 49.1 Å². The van der Waals surface area contributed by atoms with E-state index >= 15 is 0 Å². The number of carbonyl (C=O) groups is 2. The van der Waals surface area contributed by atoms with E-state index in [-0.39, 0.29) is 29.6 Å². The second kappa shape index (κ2) is 13.3. The first-order chi connectivity index (χ1) is 24.7. The third kappa shape index (κ3) is 5.76. The van der Waals surface area contributed by atoms with Crippen LogP contribution in [0.3, 0.4) is 0 Å². The molecule has 268 valence electrons. The summed E-state index contributed by atoms with van der Waals surface area (Å²) in [5.41, 5.74) is 4.47. The summed E-state index contributed by atoms with van der Waals surface area (Å²) in [4.78, 5) is 47.7. The van der Waals surface area contributed by atoms with Crippen LogP contribution < -0.4 is 10.2 Å². The van der Waals surface area contributed by atoms with Crippen molar-refractivity contribution in [3.8, 4) is 11.3 Å². The Morgan fingerprint density at radius 1 is 1.06 bits per heavy atom. The number of hydrogen-bond acceptors (Lipinski definition) is 8. The third-order valence-electron chi connectivity index (χ3n) is 11.8. The number of nitrogens with one attached hydrogen (secondary N) is 1. The molecule has 8 rings (SSSR count). The van der Waals surface area contributed by atoms with Crippen LogP contribution in [0.25, 0.3) is 22.3 Å². The lowest BCUT2D eigenvalue weighted by Gasteiger charge is -2.48. The summed E-state index contributed by atoms with van der Waals surface area (Å²) >= 11 is 0. The maximum atomic E-state index is 14.8. The Hall–Kier alpha value is -4.42. The Balaban J connectivity index is 1.17. The minimum Gasteiger partial charge on any atom is -0.383 e. The fraction of sp³-hybridized carbons (Fsp3) is 0.513. The summed E-state index contributed by atoms with van der Waals surface area (Å²) in [6.07, 6.45) is 10.5. The lowest BCUT2D eigenvalue weighted by Crippen LogP contribution is -2.58. The number of fused-ring (bicyclic) bond motifs is 3. The molecule has 0 radical (unpaired) electrons. The third-order valence-corrected chi connectivity index (χ3v) is 11.8. The first-order valence-electron chi connectivity index (χ1n) is 18.6. The molecule has 0 bridgehead atoms. The Kier molecular flexibility index (Phi) is 8.78. The molecule has 1 saturated carbocycles. The highest BCUT2D eigenvalue weighted by atomic mass is 19.1. The molecule has 51 heavy (non-hydrogen) atoms. The minimum absolute atomic E-state index is 0.100. The molecule has 0 unspecified atom stereocenters. The molecular formula is C39H47FN8O3. The van der Waals surface area contributed by atoms with Crippen molar-refractivity contribution in [2.75, 3.05) is 36.4 Å². The number of halogens is 1. The van der Waals surface area contributed by atoms with Gasteiger partial charge < -0.3 is 29.7 Å². The quantitative estimate of drug-likeness (QED) is 0.232. The maximum Gasteiger partial charge on any atom is 0.251 e. The number of pyridine rings is 2. The molecule has 2 amide bonds. The van der Waals surface area contributed by atoms with Gasteiger partial charge in [-0.05, 0) is 95.6 Å². The summed E-state index contributed by atoms with van der Waals surface area (Å²) < 4.78 is 16.8. The van der Waals surface area contributed by atoms with Crippen LogP contribution in [0.4, 0.5) is 21.6 Å². The van der Waals surface area contributed by atoms with Gasteiger partial charge in [-0.1, -0.05) is 25.5 Å². The molecule has 1 aromatic carbocycles. The Morgan fingerprint density at radius 3 is 2.53 bits per heavy atom. The first-order valence-corrected chi connectivity index (χ1v) is 18.6. The Bertz CT molecular complexity index is 1960. The zero-order valence-electron chi connectivity index (χ0n) is 29.7. The van der Waals surface area contributed by atoms with E-state index in [1.54, 1.807) is 24.2 Å². The van der Waals surface area contributed by atoms with Gasteiger partial charge in [-0.2, -0.15) is 0 Å². The van der Waals surface area contributed by atoms with E-state index in [0.29, 0.717) is 49.9 Å². The largest absolute Gasteiger partial charge is 0.383 e. The highest BCUT2D eigenvalue weighted by Gasteiger charge is 2.56. The van der Waals surface area contributed by atoms with E-state index in [0.717, 1.165) is 53.8 Å². The fourth-order valence-corrected chi connectivity index (χ4v) is 8.73. The van der Waals surface area contributed by atoms with E-state index in [1.165, 1.54) is 31.7 Å².